The van der Waals surface area contributed by atoms with Crippen molar-refractivity contribution in [2.45, 2.75) is 18.9 Å². The van der Waals surface area contributed by atoms with Crippen molar-refractivity contribution in [3.05, 3.63) is 11.1 Å². The molecule has 2 aliphatic heterocycles. The molecule has 19 heavy (non-hydrogen) atoms. The van der Waals surface area contributed by atoms with Gasteiger partial charge >= 0.3 is 0 Å². The van der Waals surface area contributed by atoms with E-state index in [2.05, 4.69) is 14.8 Å². The molecule has 1 aromatic heterocycles. The average Bonchev–Trinajstić information content (AvgIpc) is 2.97. The minimum absolute atomic E-state index is 0.551. The predicted octanol–water partition coefficient (Wildman–Crippen LogP) is 1.26. The molecule has 5 nitrogen and oxygen atoms in total. The number of carbonyl (C=O) groups is 1. The van der Waals surface area contributed by atoms with Gasteiger partial charge in [-0.05, 0) is 12.8 Å². The van der Waals surface area contributed by atoms with Crippen LogP contribution in [0.3, 0.4) is 0 Å². The molecule has 0 N–H and O–H groups in total. The summed E-state index contributed by atoms with van der Waals surface area (Å²) in [6, 6.07) is 0.686. The Bertz CT molecular complexity index is 423. The van der Waals surface area contributed by atoms with Gasteiger partial charge in [-0.2, -0.15) is 0 Å². The van der Waals surface area contributed by atoms with Gasteiger partial charge in [-0.15, -0.1) is 11.3 Å². The van der Waals surface area contributed by atoms with Crippen LogP contribution in [-0.4, -0.2) is 61.6 Å². The number of aromatic nitrogens is 1. The number of thiazole rings is 1. The minimum atomic E-state index is 0.551. The van der Waals surface area contributed by atoms with E-state index < -0.39 is 0 Å². The molecule has 0 aromatic carbocycles. The standard InChI is InChI=1S/C13H19N3O2S/c17-9-11-10-19-13(14-11)16-3-1-12(2-4-16)15-5-7-18-8-6-15/h9-10,12H,1-8H2. The van der Waals surface area contributed by atoms with Gasteiger partial charge in [-0.25, -0.2) is 4.98 Å². The molecule has 2 saturated heterocycles. The summed E-state index contributed by atoms with van der Waals surface area (Å²) in [6.45, 7) is 5.95. The van der Waals surface area contributed by atoms with Crippen molar-refractivity contribution in [3.8, 4) is 0 Å². The highest BCUT2D eigenvalue weighted by Crippen LogP contribution is 2.25. The number of aldehydes is 1. The molecule has 0 unspecified atom stereocenters. The Morgan fingerprint density at radius 3 is 2.63 bits per heavy atom. The summed E-state index contributed by atoms with van der Waals surface area (Å²) in [5, 5.41) is 2.82. The zero-order valence-electron chi connectivity index (χ0n) is 11.0. The van der Waals surface area contributed by atoms with Crippen molar-refractivity contribution >= 4 is 22.8 Å². The van der Waals surface area contributed by atoms with Crippen molar-refractivity contribution in [1.82, 2.24) is 9.88 Å². The summed E-state index contributed by atoms with van der Waals surface area (Å²) in [5.74, 6) is 0. The number of rotatable bonds is 3. The molecule has 0 amide bonds. The van der Waals surface area contributed by atoms with Crippen molar-refractivity contribution in [2.24, 2.45) is 0 Å². The van der Waals surface area contributed by atoms with Crippen LogP contribution in [0.5, 0.6) is 0 Å². The van der Waals surface area contributed by atoms with Crippen LogP contribution in [-0.2, 0) is 4.74 Å². The van der Waals surface area contributed by atoms with Crippen LogP contribution in [0.25, 0.3) is 0 Å². The Morgan fingerprint density at radius 1 is 1.26 bits per heavy atom. The lowest BCUT2D eigenvalue weighted by atomic mass is 10.0. The van der Waals surface area contributed by atoms with E-state index >= 15 is 0 Å². The number of carbonyl (C=O) groups excluding carboxylic acids is 1. The van der Waals surface area contributed by atoms with Crippen LogP contribution in [0, 0.1) is 0 Å². The van der Waals surface area contributed by atoms with Crippen molar-refractivity contribution in [1.29, 1.82) is 0 Å². The third kappa shape index (κ3) is 2.96. The molecule has 2 fully saturated rings. The lowest BCUT2D eigenvalue weighted by molar-refractivity contribution is 0.0115. The number of ether oxygens (including phenoxy) is 1. The fourth-order valence-electron chi connectivity index (χ4n) is 2.84. The van der Waals surface area contributed by atoms with E-state index in [0.29, 0.717) is 11.7 Å². The molecule has 0 saturated carbocycles. The maximum atomic E-state index is 10.7. The van der Waals surface area contributed by atoms with Crippen LogP contribution >= 0.6 is 11.3 Å². The first-order chi connectivity index (χ1) is 9.36. The summed E-state index contributed by atoms with van der Waals surface area (Å²) in [6.07, 6.45) is 3.17. The molecule has 3 heterocycles. The van der Waals surface area contributed by atoms with E-state index in [1.807, 2.05) is 5.38 Å². The highest BCUT2D eigenvalue weighted by molar-refractivity contribution is 7.13. The summed E-state index contributed by atoms with van der Waals surface area (Å²) < 4.78 is 5.40. The molecule has 1 aromatic rings. The maximum Gasteiger partial charge on any atom is 0.185 e. The second-order valence-corrected chi connectivity index (χ2v) is 5.88. The number of nitrogens with zero attached hydrogens (tertiary/aromatic N) is 3. The Labute approximate surface area is 117 Å². The normalized spacial score (nSPS) is 22.6. The fraction of sp³-hybridized carbons (Fsp3) is 0.692. The van der Waals surface area contributed by atoms with Gasteiger partial charge in [0.25, 0.3) is 0 Å². The Hall–Kier alpha value is -0.980. The van der Waals surface area contributed by atoms with Gasteiger partial charge < -0.3 is 9.64 Å². The monoisotopic (exact) mass is 281 g/mol. The fourth-order valence-corrected chi connectivity index (χ4v) is 3.66. The summed E-state index contributed by atoms with van der Waals surface area (Å²) in [4.78, 5) is 19.9. The SMILES string of the molecule is O=Cc1csc(N2CCC(N3CCOCC3)CC2)n1. The molecule has 0 radical (unpaired) electrons. The Balaban J connectivity index is 1.55. The zero-order chi connectivity index (χ0) is 13.1. The summed E-state index contributed by atoms with van der Waals surface area (Å²) in [7, 11) is 0. The van der Waals surface area contributed by atoms with E-state index in [9.17, 15) is 4.79 Å². The zero-order valence-corrected chi connectivity index (χ0v) is 11.8. The Kier molecular flexibility index (Phi) is 4.10. The predicted molar refractivity (Wildman–Crippen MR) is 75.1 cm³/mol. The van der Waals surface area contributed by atoms with Gasteiger partial charge in [0, 0.05) is 37.6 Å². The molecule has 0 atom stereocenters. The van der Waals surface area contributed by atoms with E-state index in [1.165, 1.54) is 12.8 Å². The van der Waals surface area contributed by atoms with Crippen molar-refractivity contribution < 1.29 is 9.53 Å². The quantitative estimate of drug-likeness (QED) is 0.781. The Morgan fingerprint density at radius 2 is 2.00 bits per heavy atom. The van der Waals surface area contributed by atoms with Gasteiger partial charge in [0.05, 0.1) is 13.2 Å². The lowest BCUT2D eigenvalue weighted by Crippen LogP contribution is -2.49. The first kappa shape index (κ1) is 13.0. The number of piperidine rings is 1. The number of morpholine rings is 1. The van der Waals surface area contributed by atoms with Gasteiger partial charge in [0.15, 0.2) is 11.4 Å². The van der Waals surface area contributed by atoms with Crippen molar-refractivity contribution in [3.63, 3.8) is 0 Å². The van der Waals surface area contributed by atoms with Crippen LogP contribution in [0.1, 0.15) is 23.3 Å². The largest absolute Gasteiger partial charge is 0.379 e. The highest BCUT2D eigenvalue weighted by atomic mass is 32.1. The van der Waals surface area contributed by atoms with Gasteiger partial charge in [0.1, 0.15) is 5.69 Å². The minimum Gasteiger partial charge on any atom is -0.379 e. The maximum absolute atomic E-state index is 10.7. The lowest BCUT2D eigenvalue weighted by Gasteiger charge is -2.40. The molecule has 104 valence electrons. The van der Waals surface area contributed by atoms with E-state index in [1.54, 1.807) is 11.3 Å². The van der Waals surface area contributed by atoms with Crippen LogP contribution in [0.15, 0.2) is 5.38 Å². The van der Waals surface area contributed by atoms with Crippen LogP contribution < -0.4 is 4.90 Å². The average molecular weight is 281 g/mol. The molecule has 6 heteroatoms. The number of hydrogen-bond donors (Lipinski definition) is 0. The van der Waals surface area contributed by atoms with Gasteiger partial charge in [-0.3, -0.25) is 9.69 Å². The third-order valence-corrected chi connectivity index (χ3v) is 4.85. The van der Waals surface area contributed by atoms with Crippen LogP contribution in [0.4, 0.5) is 5.13 Å². The second-order valence-electron chi connectivity index (χ2n) is 5.04. The van der Waals surface area contributed by atoms with E-state index in [-0.39, 0.29) is 0 Å². The first-order valence-electron chi connectivity index (χ1n) is 6.84. The molecule has 0 bridgehead atoms. The first-order valence-corrected chi connectivity index (χ1v) is 7.72. The number of anilines is 1. The molecule has 0 aliphatic carbocycles. The summed E-state index contributed by atoms with van der Waals surface area (Å²) in [5.41, 5.74) is 0.551. The number of hydrogen-bond acceptors (Lipinski definition) is 6. The van der Waals surface area contributed by atoms with E-state index in [4.69, 9.17) is 4.74 Å². The summed E-state index contributed by atoms with van der Waals surface area (Å²) >= 11 is 1.57. The third-order valence-electron chi connectivity index (χ3n) is 3.93. The smallest absolute Gasteiger partial charge is 0.185 e. The van der Waals surface area contributed by atoms with Gasteiger partial charge in [-0.1, -0.05) is 0 Å². The van der Waals surface area contributed by atoms with E-state index in [0.717, 1.165) is 50.8 Å². The van der Waals surface area contributed by atoms with Crippen LogP contribution in [0.2, 0.25) is 0 Å². The molecule has 3 rings (SSSR count). The molecule has 2 aliphatic rings. The van der Waals surface area contributed by atoms with Crippen molar-refractivity contribution in [2.75, 3.05) is 44.3 Å². The molecular formula is C13H19N3O2S. The second kappa shape index (κ2) is 5.98. The highest BCUT2D eigenvalue weighted by Gasteiger charge is 2.26. The molecule has 0 spiro atoms. The topological polar surface area (TPSA) is 45.7 Å². The van der Waals surface area contributed by atoms with Gasteiger partial charge in [0.2, 0.25) is 0 Å². The molecular weight excluding hydrogens is 262 g/mol.